The Morgan fingerprint density at radius 3 is 2.43 bits per heavy atom. The number of benzene rings is 1. The van der Waals surface area contributed by atoms with Crippen molar-refractivity contribution >= 4 is 11.8 Å². The number of morpholine rings is 1. The van der Waals surface area contributed by atoms with Crippen molar-refractivity contribution in [3.63, 3.8) is 0 Å². The van der Waals surface area contributed by atoms with Gasteiger partial charge in [-0.3, -0.25) is 14.3 Å². The van der Waals surface area contributed by atoms with Crippen molar-refractivity contribution < 1.29 is 14.3 Å². The van der Waals surface area contributed by atoms with E-state index in [1.165, 1.54) is 5.69 Å². The van der Waals surface area contributed by atoms with Gasteiger partial charge in [0.2, 0.25) is 5.91 Å². The van der Waals surface area contributed by atoms with Gasteiger partial charge in [0.15, 0.2) is 0 Å². The minimum absolute atomic E-state index is 0.0617. The molecule has 1 fully saturated rings. The summed E-state index contributed by atoms with van der Waals surface area (Å²) >= 11 is 0. The van der Waals surface area contributed by atoms with Gasteiger partial charge in [-0.05, 0) is 26.0 Å². The van der Waals surface area contributed by atoms with E-state index in [9.17, 15) is 9.59 Å². The number of hydrogen-bond acceptors (Lipinski definition) is 4. The Morgan fingerprint density at radius 2 is 1.73 bits per heavy atom. The van der Waals surface area contributed by atoms with Gasteiger partial charge >= 0.3 is 0 Å². The maximum Gasteiger partial charge on any atom is 0.254 e. The van der Waals surface area contributed by atoms with Crippen molar-refractivity contribution in [1.82, 2.24) is 19.6 Å². The number of aromatic nitrogens is 2. The van der Waals surface area contributed by atoms with Crippen LogP contribution in [0, 0.1) is 13.8 Å². The Balaban J connectivity index is 1.47. The third-order valence-corrected chi connectivity index (χ3v) is 6.02. The number of ether oxygens (including phenoxy) is 1. The van der Waals surface area contributed by atoms with Crippen LogP contribution in [0.2, 0.25) is 0 Å². The molecule has 30 heavy (non-hydrogen) atoms. The minimum atomic E-state index is 0.0617. The van der Waals surface area contributed by atoms with Crippen LogP contribution in [0.25, 0.3) is 0 Å². The summed E-state index contributed by atoms with van der Waals surface area (Å²) in [7, 11) is 1.95. The van der Waals surface area contributed by atoms with E-state index < -0.39 is 0 Å². The highest BCUT2D eigenvalue weighted by Gasteiger charge is 2.28. The highest BCUT2D eigenvalue weighted by atomic mass is 16.5. The normalized spacial score (nSPS) is 16.5. The molecular weight excluding hydrogens is 380 g/mol. The Morgan fingerprint density at radius 1 is 1.03 bits per heavy atom. The van der Waals surface area contributed by atoms with E-state index in [0.717, 1.165) is 34.4 Å². The average molecular weight is 411 g/mol. The number of hydrogen-bond donors (Lipinski definition) is 0. The van der Waals surface area contributed by atoms with Gasteiger partial charge in [0.05, 0.1) is 18.9 Å². The minimum Gasteiger partial charge on any atom is -0.378 e. The molecule has 4 rings (SSSR count). The van der Waals surface area contributed by atoms with E-state index in [1.807, 2.05) is 47.5 Å². The average Bonchev–Trinajstić information content (AvgIpc) is 3.06. The molecule has 0 atom stereocenters. The molecule has 0 radical (unpaired) electrons. The zero-order valence-corrected chi connectivity index (χ0v) is 18.1. The van der Waals surface area contributed by atoms with Gasteiger partial charge in [0.25, 0.3) is 5.91 Å². The summed E-state index contributed by atoms with van der Waals surface area (Å²) < 4.78 is 7.25. The number of rotatable bonds is 4. The SMILES string of the molecule is Cc1cc(C)cc(C(=O)N2CCc3c(c(CCC(=O)N4CCOCC4)nn3C)C2)c1. The Labute approximate surface area is 177 Å². The molecule has 0 bridgehead atoms. The predicted octanol–water partition coefficient (Wildman–Crippen LogP) is 2.03. The van der Waals surface area contributed by atoms with Crippen LogP contribution in [0.3, 0.4) is 0 Å². The molecule has 7 nitrogen and oxygen atoms in total. The molecule has 0 unspecified atom stereocenters. The maximum atomic E-state index is 13.1. The van der Waals surface area contributed by atoms with Gasteiger partial charge in [-0.25, -0.2) is 0 Å². The van der Waals surface area contributed by atoms with E-state index in [0.29, 0.717) is 52.2 Å². The topological polar surface area (TPSA) is 67.7 Å². The zero-order chi connectivity index (χ0) is 21.3. The van der Waals surface area contributed by atoms with Crippen LogP contribution in [0.4, 0.5) is 0 Å². The molecule has 2 aromatic rings. The van der Waals surface area contributed by atoms with E-state index in [4.69, 9.17) is 4.74 Å². The van der Waals surface area contributed by atoms with Crippen LogP contribution in [0.1, 0.15) is 44.9 Å². The van der Waals surface area contributed by atoms with Crippen LogP contribution in [-0.2, 0) is 36.0 Å². The van der Waals surface area contributed by atoms with Crippen LogP contribution >= 0.6 is 0 Å². The summed E-state index contributed by atoms with van der Waals surface area (Å²) in [6.07, 6.45) is 1.83. The third-order valence-electron chi connectivity index (χ3n) is 6.02. The first-order valence-corrected chi connectivity index (χ1v) is 10.7. The van der Waals surface area contributed by atoms with E-state index >= 15 is 0 Å². The second kappa shape index (κ2) is 8.60. The number of carbonyl (C=O) groups is 2. The summed E-state index contributed by atoms with van der Waals surface area (Å²) in [5.41, 5.74) is 6.15. The van der Waals surface area contributed by atoms with E-state index in [1.54, 1.807) is 0 Å². The molecule has 0 N–H and O–H groups in total. The molecule has 1 aromatic heterocycles. The predicted molar refractivity (Wildman–Crippen MR) is 113 cm³/mol. The number of amides is 2. The number of aryl methyl sites for hydroxylation is 4. The fraction of sp³-hybridized carbons (Fsp3) is 0.522. The molecule has 3 heterocycles. The van der Waals surface area contributed by atoms with Crippen molar-refractivity contribution in [3.8, 4) is 0 Å². The van der Waals surface area contributed by atoms with E-state index in [-0.39, 0.29) is 11.8 Å². The molecule has 2 amide bonds. The van der Waals surface area contributed by atoms with Crippen LogP contribution in [-0.4, -0.2) is 64.2 Å². The number of fused-ring (bicyclic) bond motifs is 1. The lowest BCUT2D eigenvalue weighted by atomic mass is 10.0. The first kappa shape index (κ1) is 20.6. The molecule has 1 saturated heterocycles. The van der Waals surface area contributed by atoms with Crippen LogP contribution in [0.15, 0.2) is 18.2 Å². The quantitative estimate of drug-likeness (QED) is 0.774. The summed E-state index contributed by atoms with van der Waals surface area (Å²) in [6, 6.07) is 5.99. The highest BCUT2D eigenvalue weighted by Crippen LogP contribution is 2.25. The van der Waals surface area contributed by atoms with Crippen molar-refractivity contribution in [1.29, 1.82) is 0 Å². The summed E-state index contributed by atoms with van der Waals surface area (Å²) in [4.78, 5) is 29.4. The molecular formula is C23H30N4O3. The second-order valence-corrected chi connectivity index (χ2v) is 8.34. The second-order valence-electron chi connectivity index (χ2n) is 8.34. The largest absolute Gasteiger partial charge is 0.378 e. The van der Waals surface area contributed by atoms with Gasteiger partial charge in [0.1, 0.15) is 0 Å². The Hall–Kier alpha value is -2.67. The lowest BCUT2D eigenvalue weighted by molar-refractivity contribution is -0.135. The zero-order valence-electron chi connectivity index (χ0n) is 18.1. The standard InChI is InChI=1S/C23H30N4O3/c1-16-12-17(2)14-18(13-16)23(29)27-7-6-21-19(15-27)20(24-25(21)3)4-5-22(28)26-8-10-30-11-9-26/h12-14H,4-11,15H2,1-3H3. The monoisotopic (exact) mass is 410 g/mol. The van der Waals surface area contributed by atoms with Gasteiger partial charge in [0, 0.05) is 69.3 Å². The molecule has 7 heteroatoms. The molecule has 0 spiro atoms. The fourth-order valence-corrected chi connectivity index (χ4v) is 4.52. The molecule has 160 valence electrons. The van der Waals surface area contributed by atoms with Gasteiger partial charge in [-0.15, -0.1) is 0 Å². The molecule has 0 saturated carbocycles. The third kappa shape index (κ3) is 4.26. The first-order valence-electron chi connectivity index (χ1n) is 10.7. The van der Waals surface area contributed by atoms with Crippen LogP contribution < -0.4 is 0 Å². The molecule has 2 aliphatic heterocycles. The Kier molecular flexibility index (Phi) is 5.90. The summed E-state index contributed by atoms with van der Waals surface area (Å²) in [6.45, 7) is 7.82. The number of carbonyl (C=O) groups excluding carboxylic acids is 2. The summed E-state index contributed by atoms with van der Waals surface area (Å²) in [5.74, 6) is 0.211. The van der Waals surface area contributed by atoms with Crippen LogP contribution in [0.5, 0.6) is 0 Å². The molecule has 1 aromatic carbocycles. The van der Waals surface area contributed by atoms with Gasteiger partial charge < -0.3 is 14.5 Å². The number of nitrogens with zero attached hydrogens (tertiary/aromatic N) is 4. The smallest absolute Gasteiger partial charge is 0.254 e. The highest BCUT2D eigenvalue weighted by molar-refractivity contribution is 5.94. The summed E-state index contributed by atoms with van der Waals surface area (Å²) in [5, 5.41) is 4.69. The fourth-order valence-electron chi connectivity index (χ4n) is 4.52. The molecule has 2 aliphatic rings. The van der Waals surface area contributed by atoms with Crippen molar-refractivity contribution in [2.24, 2.45) is 7.05 Å². The first-order chi connectivity index (χ1) is 14.4. The Bertz CT molecular complexity index is 939. The lowest BCUT2D eigenvalue weighted by Crippen LogP contribution is -2.40. The van der Waals surface area contributed by atoms with Gasteiger partial charge in [-0.2, -0.15) is 5.10 Å². The molecule has 0 aliphatic carbocycles. The van der Waals surface area contributed by atoms with Gasteiger partial charge in [-0.1, -0.05) is 17.2 Å². The maximum absolute atomic E-state index is 13.1. The van der Waals surface area contributed by atoms with Crippen molar-refractivity contribution in [3.05, 3.63) is 51.8 Å². The van der Waals surface area contributed by atoms with Crippen molar-refractivity contribution in [2.75, 3.05) is 32.8 Å². The van der Waals surface area contributed by atoms with E-state index in [2.05, 4.69) is 11.2 Å². The van der Waals surface area contributed by atoms with Crippen molar-refractivity contribution in [2.45, 2.75) is 39.7 Å². The lowest BCUT2D eigenvalue weighted by Gasteiger charge is -2.28.